The van der Waals surface area contributed by atoms with Crippen LogP contribution in [0.2, 0.25) is 0 Å². The summed E-state index contributed by atoms with van der Waals surface area (Å²) in [5.41, 5.74) is 5.57. The van der Waals surface area contributed by atoms with Gasteiger partial charge in [0.1, 0.15) is 16.7 Å². The van der Waals surface area contributed by atoms with Crippen molar-refractivity contribution >= 4 is 29.0 Å². The molecule has 0 aromatic carbocycles. The Labute approximate surface area is 211 Å². The minimum Gasteiger partial charge on any atom is -0.388 e. The second-order valence-corrected chi connectivity index (χ2v) is 9.03. The summed E-state index contributed by atoms with van der Waals surface area (Å²) >= 11 is 1.34. The molecule has 0 radical (unpaired) electrons. The fourth-order valence-corrected chi connectivity index (χ4v) is 3.97. The maximum absolute atomic E-state index is 14.9. The van der Waals surface area contributed by atoms with Gasteiger partial charge in [-0.15, -0.1) is 11.3 Å². The maximum atomic E-state index is 14.9. The van der Waals surface area contributed by atoms with E-state index in [4.69, 9.17) is 5.73 Å². The Hall–Kier alpha value is -3.38. The van der Waals surface area contributed by atoms with Crippen LogP contribution in [0, 0.1) is 0 Å². The van der Waals surface area contributed by atoms with Crippen molar-refractivity contribution in [3.63, 3.8) is 0 Å². The molecule has 2 aromatic heterocycles. The number of H-pyrrole nitrogens is 1. The van der Waals surface area contributed by atoms with Crippen molar-refractivity contribution in [1.82, 2.24) is 25.5 Å². The molecule has 3 rings (SSSR count). The molecule has 1 aliphatic rings. The SMILES string of the molecule is CNC1=C\NCC(C)N(C)C(C)C\C=C(F)/C(c2nc(N)cs2)=C\1.O=Cc1c[nH]c(=O)cc1C(F)F. The smallest absolute Gasteiger partial charge is 0.264 e. The lowest BCUT2D eigenvalue weighted by molar-refractivity contribution is 0.110. The summed E-state index contributed by atoms with van der Waals surface area (Å²) in [4.78, 5) is 29.3. The first-order valence-electron chi connectivity index (χ1n) is 11.2. The first-order chi connectivity index (χ1) is 17.1. The molecule has 0 saturated carbocycles. The molecular weight excluding hydrogens is 493 g/mol. The minimum absolute atomic E-state index is 0.190. The van der Waals surface area contributed by atoms with Crippen LogP contribution in [-0.2, 0) is 0 Å². The number of halogens is 3. The summed E-state index contributed by atoms with van der Waals surface area (Å²) in [7, 11) is 3.87. The van der Waals surface area contributed by atoms with E-state index in [1.807, 2.05) is 13.2 Å². The van der Waals surface area contributed by atoms with E-state index in [1.165, 1.54) is 11.3 Å². The molecule has 12 heteroatoms. The number of aromatic amines is 1. The molecule has 1 aliphatic heterocycles. The van der Waals surface area contributed by atoms with Crippen molar-refractivity contribution in [2.75, 3.05) is 26.4 Å². The molecule has 36 heavy (non-hydrogen) atoms. The van der Waals surface area contributed by atoms with Gasteiger partial charge in [-0.25, -0.2) is 18.2 Å². The van der Waals surface area contributed by atoms with E-state index in [1.54, 1.807) is 17.5 Å². The maximum Gasteiger partial charge on any atom is 0.264 e. The third kappa shape index (κ3) is 8.09. The van der Waals surface area contributed by atoms with Crippen molar-refractivity contribution in [1.29, 1.82) is 0 Å². The summed E-state index contributed by atoms with van der Waals surface area (Å²) in [5, 5.41) is 8.68. The Morgan fingerprint density at radius 2 is 2.06 bits per heavy atom. The first-order valence-corrected chi connectivity index (χ1v) is 12.0. The molecule has 0 aliphatic carbocycles. The molecule has 2 unspecified atom stereocenters. The van der Waals surface area contributed by atoms with Gasteiger partial charge in [-0.05, 0) is 39.5 Å². The van der Waals surface area contributed by atoms with Gasteiger partial charge in [0.25, 0.3) is 6.43 Å². The number of aldehydes is 1. The number of nitrogens with zero attached hydrogens (tertiary/aromatic N) is 2. The summed E-state index contributed by atoms with van der Waals surface area (Å²) in [6.45, 7) is 5.07. The quantitative estimate of drug-likeness (QED) is 0.449. The van der Waals surface area contributed by atoms with E-state index in [9.17, 15) is 22.8 Å². The molecule has 2 aromatic rings. The second kappa shape index (κ2) is 13.6. The van der Waals surface area contributed by atoms with Crippen LogP contribution in [0.1, 0.15) is 47.6 Å². The molecule has 8 nitrogen and oxygen atoms in total. The lowest BCUT2D eigenvalue weighted by Crippen LogP contribution is -2.41. The van der Waals surface area contributed by atoms with E-state index in [0.29, 0.717) is 34.9 Å². The molecule has 2 atom stereocenters. The van der Waals surface area contributed by atoms with Crippen LogP contribution < -0.4 is 21.9 Å². The Kier molecular flexibility index (Phi) is 10.9. The lowest BCUT2D eigenvalue weighted by Gasteiger charge is -2.30. The van der Waals surface area contributed by atoms with Gasteiger partial charge in [0.05, 0.1) is 5.70 Å². The van der Waals surface area contributed by atoms with Crippen LogP contribution in [0.5, 0.6) is 0 Å². The number of nitrogens with two attached hydrogens (primary N) is 1. The van der Waals surface area contributed by atoms with E-state index in [2.05, 4.69) is 46.4 Å². The second-order valence-electron chi connectivity index (χ2n) is 8.17. The number of anilines is 1. The fourth-order valence-electron chi connectivity index (χ4n) is 3.24. The standard InChI is InChI=1S/C17H26FN5S.C7H5F2NO2/c1-11-5-6-15(18)14(17-22-16(19)10-24-17)7-13(20-3)9-21-8-12(2)23(11)4;8-7(9)5-1-6(12)10-2-4(5)3-11/h6-7,9-12,20-21H,5,8,19H2,1-4H3;1-3,7H,(H,10,12)/b13-9-,14-7+,15-6+;. The fraction of sp³-hybridized carbons (Fsp3) is 0.375. The normalized spacial score (nSPS) is 23.7. The first kappa shape index (κ1) is 28.9. The number of hydrogen-bond acceptors (Lipinski definition) is 8. The highest BCUT2D eigenvalue weighted by molar-refractivity contribution is 7.11. The Morgan fingerprint density at radius 3 is 2.64 bits per heavy atom. The van der Waals surface area contributed by atoms with Crippen molar-refractivity contribution in [3.05, 3.63) is 74.0 Å². The zero-order valence-corrected chi connectivity index (χ0v) is 21.3. The molecule has 0 amide bonds. The number of hydrogen-bond donors (Lipinski definition) is 4. The highest BCUT2D eigenvalue weighted by Crippen LogP contribution is 2.29. The number of alkyl halides is 2. The highest BCUT2D eigenvalue weighted by Gasteiger charge is 2.18. The van der Waals surface area contributed by atoms with E-state index in [-0.39, 0.29) is 23.7 Å². The van der Waals surface area contributed by atoms with Gasteiger partial charge in [-0.1, -0.05) is 0 Å². The van der Waals surface area contributed by atoms with Crippen molar-refractivity contribution in [2.45, 2.75) is 38.8 Å². The van der Waals surface area contributed by atoms with Gasteiger partial charge in [0.15, 0.2) is 6.29 Å². The van der Waals surface area contributed by atoms with Crippen LogP contribution in [0.25, 0.3) is 5.57 Å². The van der Waals surface area contributed by atoms with Crippen molar-refractivity contribution < 1.29 is 18.0 Å². The molecule has 5 N–H and O–H groups in total. The predicted molar refractivity (Wildman–Crippen MR) is 138 cm³/mol. The summed E-state index contributed by atoms with van der Waals surface area (Å²) in [6, 6.07) is 1.30. The van der Waals surface area contributed by atoms with Crippen LogP contribution in [0.3, 0.4) is 0 Å². The number of nitrogens with one attached hydrogen (secondary N) is 3. The van der Waals surface area contributed by atoms with Gasteiger partial charge in [0, 0.05) is 66.2 Å². The molecule has 196 valence electrons. The predicted octanol–water partition coefficient (Wildman–Crippen LogP) is 3.85. The van der Waals surface area contributed by atoms with Crippen molar-refractivity contribution in [2.24, 2.45) is 0 Å². The number of aromatic nitrogens is 2. The zero-order valence-electron chi connectivity index (χ0n) is 20.5. The number of thiazole rings is 1. The van der Waals surface area contributed by atoms with E-state index >= 15 is 0 Å². The van der Waals surface area contributed by atoms with Crippen LogP contribution in [-0.4, -0.2) is 53.9 Å². The van der Waals surface area contributed by atoms with Crippen LogP contribution in [0.15, 0.2) is 52.3 Å². The van der Waals surface area contributed by atoms with Gasteiger partial charge in [-0.3, -0.25) is 14.5 Å². The third-order valence-electron chi connectivity index (χ3n) is 5.65. The molecule has 0 saturated heterocycles. The molecule has 0 bridgehead atoms. The number of carbonyl (C=O) groups is 1. The van der Waals surface area contributed by atoms with Gasteiger partial charge in [0.2, 0.25) is 5.56 Å². The number of pyridine rings is 1. The van der Waals surface area contributed by atoms with Gasteiger partial charge >= 0.3 is 0 Å². The number of allylic oxidation sites excluding steroid dienone is 3. The average Bonchev–Trinajstić information content (AvgIpc) is 3.29. The zero-order chi connectivity index (χ0) is 26.8. The molecule has 0 spiro atoms. The topological polar surface area (TPSA) is 116 Å². The molecular formula is C24H31F3N6O2S. The van der Waals surface area contributed by atoms with E-state index in [0.717, 1.165) is 18.4 Å². The molecule has 0 fully saturated rings. The van der Waals surface area contributed by atoms with Gasteiger partial charge < -0.3 is 21.4 Å². The number of nitrogen functional groups attached to an aromatic ring is 1. The lowest BCUT2D eigenvalue weighted by atomic mass is 10.1. The third-order valence-corrected chi connectivity index (χ3v) is 6.54. The summed E-state index contributed by atoms with van der Waals surface area (Å²) in [5.74, 6) is 0.129. The molecule has 3 heterocycles. The number of rotatable bonds is 4. The largest absolute Gasteiger partial charge is 0.388 e. The number of likely N-dealkylation sites (N-methyl/N-ethyl adjacent to an activating group) is 2. The Balaban J connectivity index is 0.000000319. The van der Waals surface area contributed by atoms with Gasteiger partial charge in [-0.2, -0.15) is 0 Å². The highest BCUT2D eigenvalue weighted by atomic mass is 32.1. The summed E-state index contributed by atoms with van der Waals surface area (Å²) in [6.07, 6.45) is 4.34. The average molecular weight is 525 g/mol. The Morgan fingerprint density at radius 1 is 1.33 bits per heavy atom. The minimum atomic E-state index is -2.80. The van der Waals surface area contributed by atoms with Crippen LogP contribution in [0.4, 0.5) is 19.0 Å². The summed E-state index contributed by atoms with van der Waals surface area (Å²) < 4.78 is 39.0. The monoisotopic (exact) mass is 524 g/mol. The van der Waals surface area contributed by atoms with Crippen LogP contribution >= 0.6 is 11.3 Å². The van der Waals surface area contributed by atoms with E-state index < -0.39 is 17.5 Å². The Bertz CT molecular complexity index is 1170. The number of carbonyl (C=O) groups excluding carboxylic acids is 1. The van der Waals surface area contributed by atoms with Crippen molar-refractivity contribution in [3.8, 4) is 0 Å².